The molecule has 43 nitrogen and oxygen atoms in total. The molecule has 10 heterocycles. The smallest absolute Gasteiger partial charge is 0.392 e. The van der Waals surface area contributed by atoms with E-state index in [4.69, 9.17) is 74.2 Å². The number of rotatable bonds is 28. The first kappa shape index (κ1) is 105. The number of carbonyl (C=O) groups is 2. The number of carbonyl (C=O) groups excluding carboxylic acids is 2. The fourth-order valence-electron chi connectivity index (χ4n) is 13.2. The molecule has 6 aromatic rings. The lowest BCUT2D eigenvalue weighted by atomic mass is 10.2. The van der Waals surface area contributed by atoms with Gasteiger partial charge >= 0.3 is 40.9 Å². The third-order valence-electron chi connectivity index (χ3n) is 19.6. The van der Waals surface area contributed by atoms with Crippen molar-refractivity contribution in [2.75, 3.05) is 251 Å². The van der Waals surface area contributed by atoms with Gasteiger partial charge in [-0.25, -0.2) is 14.8 Å². The number of nitrogens with two attached hydrogens (primary N) is 1. The quantitative estimate of drug-likeness (QED) is 0.0162. The van der Waals surface area contributed by atoms with Gasteiger partial charge in [-0.1, -0.05) is 73.9 Å². The number of nitrogen functional groups attached to an aromatic ring is 1. The number of aliphatic imine (C=N–C) groups is 2. The molecule has 1 amide bonds. The second-order valence-electron chi connectivity index (χ2n) is 32.9. The number of amides is 1. The Hall–Kier alpha value is -11.1. The first-order chi connectivity index (χ1) is 61.2. The van der Waals surface area contributed by atoms with E-state index in [0.717, 1.165) is 75.0 Å². The molecule has 4 saturated heterocycles. The minimum absolute atomic E-state index is 0.00883. The second kappa shape index (κ2) is 50.2. The van der Waals surface area contributed by atoms with E-state index in [1.807, 2.05) is 70.8 Å². The van der Waals surface area contributed by atoms with Crippen molar-refractivity contribution in [3.05, 3.63) is 96.6 Å². The van der Waals surface area contributed by atoms with Crippen molar-refractivity contribution < 1.29 is 90.5 Å². The van der Waals surface area contributed by atoms with Crippen LogP contribution in [0.4, 0.5) is 40.6 Å². The van der Waals surface area contributed by atoms with Crippen molar-refractivity contribution in [2.24, 2.45) is 9.98 Å². The number of aryl methyl sites for hydroxylation is 2. The van der Waals surface area contributed by atoms with Crippen molar-refractivity contribution >= 4 is 102 Å². The van der Waals surface area contributed by atoms with Gasteiger partial charge in [0.25, 0.3) is 5.91 Å². The molecule has 4 unspecified atom stereocenters. The van der Waals surface area contributed by atoms with E-state index < -0.39 is 43.6 Å². The number of anilines is 5. The predicted octanol–water partition coefficient (Wildman–Crippen LogP) is 6.20. The minimum atomic E-state index is -1.51. The number of esters is 1. The number of benzene rings is 2. The second-order valence-corrected chi connectivity index (χ2v) is 43.4. The maximum absolute atomic E-state index is 13.2. The van der Waals surface area contributed by atoms with Crippen molar-refractivity contribution in [1.29, 1.82) is 0 Å². The van der Waals surface area contributed by atoms with Crippen LogP contribution in [0, 0.1) is 34.1 Å². The molecule has 6 aliphatic rings. The lowest BCUT2D eigenvalue weighted by Gasteiger charge is -2.34. The van der Waals surface area contributed by atoms with Gasteiger partial charge in [0.15, 0.2) is 23.2 Å². The average molecular weight is 1860 g/mol. The summed E-state index contributed by atoms with van der Waals surface area (Å²) in [5.41, 5.74) is 8.22. The fourth-order valence-corrected chi connectivity index (χ4v) is 15.6. The normalized spacial score (nSPS) is 17.2. The number of hydrogen-bond acceptors (Lipinski definition) is 40. The number of nitrogens with one attached hydrogen (secondary N) is 2. The van der Waals surface area contributed by atoms with E-state index in [2.05, 4.69) is 184 Å². The van der Waals surface area contributed by atoms with Gasteiger partial charge in [-0.15, -0.1) is 0 Å². The molecule has 710 valence electrons. The molecule has 4 fully saturated rings. The van der Waals surface area contributed by atoms with Crippen LogP contribution in [0.15, 0.2) is 69.9 Å². The number of methoxy groups -OCH3 is 9. The highest BCUT2D eigenvalue weighted by Gasteiger charge is 2.35. The Labute approximate surface area is 760 Å². The third-order valence-corrected chi connectivity index (χ3v) is 23.9. The van der Waals surface area contributed by atoms with Crippen molar-refractivity contribution in [1.82, 2.24) is 64.8 Å². The summed E-state index contributed by atoms with van der Waals surface area (Å²) in [6.07, 6.45) is 4.92. The Morgan fingerprint density at radius 3 is 1.17 bits per heavy atom. The highest BCUT2D eigenvalue weighted by atomic mass is 35.5. The monoisotopic (exact) mass is 1860 g/mol. The molecular formula is C83H127ClN22O21Si2. The highest BCUT2D eigenvalue weighted by Crippen LogP contribution is 2.39. The first-order valence-corrected chi connectivity index (χ1v) is 48.8. The van der Waals surface area contributed by atoms with E-state index in [1.165, 1.54) is 74.4 Å². The summed E-state index contributed by atoms with van der Waals surface area (Å²) in [4.78, 5) is 101. The molecule has 4 atom stereocenters. The minimum Gasteiger partial charge on any atom is -0.479 e. The molecule has 2 aromatic carbocycles. The van der Waals surface area contributed by atoms with E-state index in [9.17, 15) is 29.8 Å². The van der Waals surface area contributed by atoms with Crippen LogP contribution in [-0.2, 0) is 33.3 Å². The van der Waals surface area contributed by atoms with Crippen LogP contribution >= 0.6 is 11.6 Å². The van der Waals surface area contributed by atoms with Gasteiger partial charge in [-0.2, -0.15) is 39.9 Å². The summed E-state index contributed by atoms with van der Waals surface area (Å²) in [6, 6.07) is 12.7. The van der Waals surface area contributed by atoms with Crippen molar-refractivity contribution in [3.8, 4) is 58.5 Å². The molecule has 4 aromatic heterocycles. The maximum Gasteiger partial charge on any atom is 0.392 e. The largest absolute Gasteiger partial charge is 0.479 e. The van der Waals surface area contributed by atoms with E-state index in [-0.39, 0.29) is 75.9 Å². The average Bonchev–Trinajstić information content (AvgIpc) is 1.64. The predicted molar refractivity (Wildman–Crippen MR) is 496 cm³/mol. The standard InChI is InChI=1S/C28H40N6O5Si.C16H21NO3Si.C13H21N5O5.C13H23N5O3.C7H16N2O.C6H6ClN3O4/c1-18-9-10-20(40(6,7)8)15-22(18)39-23-12-11-21(29-23)25(35)30-24-26(36-4)31-28(32-27(24)37-5)34-13-14-38-19(17-34)16-33(2)3;1-11-6-7-12(21(3,4)5)10-14(11)20-15-9-8-13(17-15)16(18)19-2;1-16(2)7-9-8-17(5-6-23-9)13-14-11(21-3)10(18(19)20)12(15-13)22-4;1-17(2)7-9-8-18(5-6-21-9)13-15-11(19-3)10(14)12(16-13)20-4;1-9(2)6-7-5-8-3-4-10-7;1-13-4-3(10(11)12)5(14-2)9-6(7)8-4/h9-11,15,19H,12-14,16-17H2,1-8H3,(H,30,35);6-8,10H,9H2,1-5H3;9H,5-8H2,1-4H3;9H,5-8,14H2,1-4H3;7-8H,3-6H2,1-2H3;1-2H3. The van der Waals surface area contributed by atoms with Crippen molar-refractivity contribution in [2.45, 2.75) is 90.4 Å². The van der Waals surface area contributed by atoms with E-state index in [1.54, 1.807) is 12.2 Å². The number of nitro groups is 2. The number of ether oxygens (including phenoxy) is 15. The van der Waals surface area contributed by atoms with E-state index >= 15 is 0 Å². The highest BCUT2D eigenvalue weighted by molar-refractivity contribution is 6.89. The number of nitrogens with zero attached hydrogens (tertiary/aromatic N) is 19. The molecule has 0 aliphatic carbocycles. The van der Waals surface area contributed by atoms with Crippen LogP contribution in [-0.4, -0.2) is 359 Å². The van der Waals surface area contributed by atoms with Gasteiger partial charge in [-0.3, -0.25) is 25.0 Å². The van der Waals surface area contributed by atoms with E-state index in [0.29, 0.717) is 124 Å². The van der Waals surface area contributed by atoms with Crippen LogP contribution in [0.2, 0.25) is 44.6 Å². The summed E-state index contributed by atoms with van der Waals surface area (Å²) in [7, 11) is 25.8. The fraction of sp³-hybridized carbons (Fsp3) is 0.566. The lowest BCUT2D eigenvalue weighted by molar-refractivity contribution is -0.387. The summed E-state index contributed by atoms with van der Waals surface area (Å²) < 4.78 is 80.3. The first-order valence-electron chi connectivity index (χ1n) is 41.4. The molecule has 129 heavy (non-hydrogen) atoms. The number of hydrogen-bond donors (Lipinski definition) is 3. The lowest BCUT2D eigenvalue weighted by Crippen LogP contribution is -2.47. The van der Waals surface area contributed by atoms with Gasteiger partial charge < -0.3 is 122 Å². The zero-order valence-corrected chi connectivity index (χ0v) is 81.4. The summed E-state index contributed by atoms with van der Waals surface area (Å²) >= 11 is 5.48. The Balaban J connectivity index is 0.000000223. The Morgan fingerprint density at radius 2 is 0.837 bits per heavy atom. The van der Waals surface area contributed by atoms with Gasteiger partial charge in [0.1, 0.15) is 22.9 Å². The maximum atomic E-state index is 13.2. The van der Waals surface area contributed by atoms with Crippen LogP contribution in [0.5, 0.6) is 58.5 Å². The Morgan fingerprint density at radius 1 is 0.504 bits per heavy atom. The zero-order chi connectivity index (χ0) is 95.1. The van der Waals surface area contributed by atoms with Gasteiger partial charge in [0, 0.05) is 91.4 Å². The molecule has 6 aliphatic heterocycles. The van der Waals surface area contributed by atoms with Crippen LogP contribution in [0.3, 0.4) is 0 Å². The van der Waals surface area contributed by atoms with Gasteiger partial charge in [0.05, 0.1) is 141 Å². The molecule has 0 radical (unpaired) electrons. The SMILES string of the molecule is CN(C)CC1CNCCO1.COC(=O)C1=CCC(Oc2cc([Si](C)(C)C)ccc2C)=N1.COc1nc(Cl)nc(OC)c1[N+](=O)[O-].COc1nc(N2CCOC(CN(C)C)C2)nc(OC)c1N.COc1nc(N2CCOC(CN(C)C)C2)nc(OC)c1NC(=O)C1=CCC(Oc2cc([Si](C)(C)C)ccc2C)=N1.COc1nc(N2CCOC(CN(C)C)C2)nc(OC)c1[N+](=O)[O-]. The molecule has 12 rings (SSSR count). The molecule has 0 spiro atoms. The van der Waals surface area contributed by atoms with Crippen molar-refractivity contribution in [3.63, 3.8) is 0 Å². The molecule has 0 bridgehead atoms. The Bertz CT molecular complexity index is 4760. The van der Waals surface area contributed by atoms with Gasteiger partial charge in [-0.05, 0) is 117 Å². The van der Waals surface area contributed by atoms with Gasteiger partial charge in [0.2, 0.25) is 46.6 Å². The summed E-state index contributed by atoms with van der Waals surface area (Å²) in [5, 5.41) is 30.3. The third kappa shape index (κ3) is 31.6. The number of aromatic nitrogens is 8. The molecule has 46 heteroatoms. The number of halogens is 1. The van der Waals surface area contributed by atoms with Crippen LogP contribution in [0.1, 0.15) is 24.0 Å². The number of likely N-dealkylation sites (N-methyl/N-ethyl adjacent to an activating group) is 4. The molecular weight excluding hydrogens is 1730 g/mol. The molecule has 0 saturated carbocycles. The van der Waals surface area contributed by atoms with Crippen LogP contribution in [0.25, 0.3) is 0 Å². The zero-order valence-electron chi connectivity index (χ0n) is 78.7. The number of morpholine rings is 4. The Kier molecular flexibility index (Phi) is 40.8. The topological polar surface area (TPSA) is 459 Å². The summed E-state index contributed by atoms with van der Waals surface area (Å²) in [5.74, 6) is 3.39. The van der Waals surface area contributed by atoms with Crippen LogP contribution < -0.4 is 88.8 Å². The summed E-state index contributed by atoms with van der Waals surface area (Å²) in [6.45, 7) is 29.6. The molecule has 4 N–H and O–H groups in total.